The topological polar surface area (TPSA) is 161 Å². The van der Waals surface area contributed by atoms with E-state index in [2.05, 4.69) is 25.6 Å². The molecule has 2 aliphatic rings. The monoisotopic (exact) mass is 940 g/mol. The largest absolute Gasteiger partial charge is 0.358 e. The molecule has 328 valence electrons. The van der Waals surface area contributed by atoms with Crippen LogP contribution in [0, 0.1) is 17.0 Å². The van der Waals surface area contributed by atoms with Crippen molar-refractivity contribution in [2.75, 3.05) is 43.9 Å². The number of hydrogen-bond donors (Lipinski definition) is 3. The zero-order valence-corrected chi connectivity index (χ0v) is 37.4. The molecule has 4 aromatic heterocycles. The molecule has 0 spiro atoms. The highest BCUT2D eigenvalue weighted by molar-refractivity contribution is 7.12. The number of hydrogen-bond acceptors (Lipinski definition) is 11. The number of carbonyl (C=O) groups is 4. The molecule has 1 fully saturated rings. The average molecular weight is 942 g/mol. The molecule has 0 saturated carbocycles. The number of amides is 2. The number of nitrogens with one attached hydrogen (secondary N) is 3. The SMILES string of the molecule is CN1CCN=C1c1ccc(C(=O)Cc2ccsc2C(=O)Nc2ccc(Cl)cn2)c(F)c1.N=C(c1ccc(C(=O)Cc2ccsc2C(=O)Nc2ccc(Cl)cn2)c(F)c1)N1CCCCC1. The maximum Gasteiger partial charge on any atom is 0.267 e. The third-order valence-electron chi connectivity index (χ3n) is 10.3. The number of piperidine rings is 1. The van der Waals surface area contributed by atoms with Crippen molar-refractivity contribution in [3.05, 3.63) is 161 Å². The minimum Gasteiger partial charge on any atom is -0.358 e. The lowest BCUT2D eigenvalue weighted by molar-refractivity contribution is 0.0977. The fourth-order valence-corrected chi connectivity index (χ4v) is 8.90. The van der Waals surface area contributed by atoms with Crippen LogP contribution in [0.4, 0.5) is 20.4 Å². The van der Waals surface area contributed by atoms with E-state index >= 15 is 0 Å². The Labute approximate surface area is 385 Å². The molecule has 6 heterocycles. The molecule has 8 rings (SSSR count). The summed E-state index contributed by atoms with van der Waals surface area (Å²) in [5.41, 5.74) is 2.08. The van der Waals surface area contributed by atoms with Crippen LogP contribution in [0.25, 0.3) is 0 Å². The summed E-state index contributed by atoms with van der Waals surface area (Å²) in [5.74, 6) is -1.19. The van der Waals surface area contributed by atoms with E-state index in [0.717, 1.165) is 38.9 Å². The lowest BCUT2D eigenvalue weighted by Crippen LogP contribution is -2.35. The van der Waals surface area contributed by atoms with E-state index in [-0.39, 0.29) is 35.7 Å². The summed E-state index contributed by atoms with van der Waals surface area (Å²) < 4.78 is 29.5. The van der Waals surface area contributed by atoms with Gasteiger partial charge in [-0.3, -0.25) is 29.6 Å². The van der Waals surface area contributed by atoms with E-state index in [1.54, 1.807) is 59.3 Å². The second kappa shape index (κ2) is 21.0. The number of amidine groups is 2. The number of Topliss-reactive ketones (excluding diaryl/α,β-unsaturated/α-hetero) is 2. The van der Waals surface area contributed by atoms with Gasteiger partial charge in [0, 0.05) is 63.0 Å². The molecule has 2 amide bonds. The summed E-state index contributed by atoms with van der Waals surface area (Å²) >= 11 is 14.0. The number of halogens is 4. The summed E-state index contributed by atoms with van der Waals surface area (Å²) in [4.78, 5) is 67.9. The molecule has 0 unspecified atom stereocenters. The number of likely N-dealkylation sites (N-methyl/N-ethyl adjacent to an activating group) is 1. The van der Waals surface area contributed by atoms with E-state index in [1.807, 2.05) is 16.8 Å². The number of nitrogens with zero attached hydrogens (tertiary/aromatic N) is 5. The van der Waals surface area contributed by atoms with Crippen molar-refractivity contribution in [1.82, 2.24) is 19.8 Å². The van der Waals surface area contributed by atoms with Gasteiger partial charge in [-0.25, -0.2) is 18.7 Å². The third-order valence-corrected chi connectivity index (χ3v) is 12.7. The Morgan fingerprint density at radius 1 is 0.703 bits per heavy atom. The van der Waals surface area contributed by atoms with E-state index < -0.39 is 29.1 Å². The zero-order chi connectivity index (χ0) is 45.3. The maximum absolute atomic E-state index is 14.8. The summed E-state index contributed by atoms with van der Waals surface area (Å²) in [6.07, 6.45) is 5.84. The number of thiophene rings is 2. The van der Waals surface area contributed by atoms with Crippen LogP contribution in [0.5, 0.6) is 0 Å². The zero-order valence-electron chi connectivity index (χ0n) is 34.3. The van der Waals surface area contributed by atoms with Crippen molar-refractivity contribution in [3.63, 3.8) is 0 Å². The highest BCUT2D eigenvalue weighted by Gasteiger charge is 2.23. The first-order chi connectivity index (χ1) is 30.8. The van der Waals surface area contributed by atoms with Crippen molar-refractivity contribution in [3.8, 4) is 0 Å². The highest BCUT2D eigenvalue weighted by Crippen LogP contribution is 2.25. The predicted molar refractivity (Wildman–Crippen MR) is 248 cm³/mol. The lowest BCUT2D eigenvalue weighted by atomic mass is 10.0. The Kier molecular flexibility index (Phi) is 15.0. The van der Waals surface area contributed by atoms with Gasteiger partial charge in [0.2, 0.25) is 0 Å². The van der Waals surface area contributed by atoms with Crippen LogP contribution in [0.3, 0.4) is 0 Å². The Balaban J connectivity index is 0.000000192. The molecule has 0 atom stereocenters. The minimum atomic E-state index is -0.661. The molecular weight excluding hydrogens is 902 g/mol. The molecule has 3 N–H and O–H groups in total. The highest BCUT2D eigenvalue weighted by atomic mass is 35.5. The second-order valence-corrected chi connectivity index (χ2v) is 17.5. The van der Waals surface area contributed by atoms with E-state index in [4.69, 9.17) is 28.6 Å². The van der Waals surface area contributed by atoms with Gasteiger partial charge in [-0.2, -0.15) is 0 Å². The van der Waals surface area contributed by atoms with Gasteiger partial charge < -0.3 is 20.4 Å². The Hall–Kier alpha value is -6.20. The number of aromatic nitrogens is 2. The minimum absolute atomic E-state index is 0.0121. The molecule has 12 nitrogen and oxygen atoms in total. The van der Waals surface area contributed by atoms with Crippen LogP contribution >= 0.6 is 45.9 Å². The fourth-order valence-electron chi connectivity index (χ4n) is 7.04. The lowest BCUT2D eigenvalue weighted by Gasteiger charge is -2.29. The Morgan fingerprint density at radius 3 is 1.70 bits per heavy atom. The number of carbonyl (C=O) groups excluding carboxylic acids is 4. The van der Waals surface area contributed by atoms with E-state index in [9.17, 15) is 28.0 Å². The molecule has 0 bridgehead atoms. The summed E-state index contributed by atoms with van der Waals surface area (Å²) in [5, 5.41) is 18.1. The average Bonchev–Trinajstić information content (AvgIpc) is 4.07. The fraction of sp³-hybridized carbons (Fsp3) is 0.217. The number of rotatable bonds is 12. The van der Waals surface area contributed by atoms with Gasteiger partial charge >= 0.3 is 0 Å². The smallest absolute Gasteiger partial charge is 0.267 e. The number of ketones is 2. The third kappa shape index (κ3) is 11.3. The van der Waals surface area contributed by atoms with Crippen molar-refractivity contribution in [2.24, 2.45) is 4.99 Å². The van der Waals surface area contributed by atoms with Gasteiger partial charge in [-0.1, -0.05) is 35.3 Å². The molecule has 6 aromatic rings. The molecule has 64 heavy (non-hydrogen) atoms. The van der Waals surface area contributed by atoms with Crippen LogP contribution < -0.4 is 10.6 Å². The van der Waals surface area contributed by atoms with Gasteiger partial charge in [0.25, 0.3) is 11.8 Å². The summed E-state index contributed by atoms with van der Waals surface area (Å²) in [6.45, 7) is 3.03. The Morgan fingerprint density at radius 2 is 1.23 bits per heavy atom. The molecule has 2 aromatic carbocycles. The predicted octanol–water partition coefficient (Wildman–Crippen LogP) is 9.73. The van der Waals surface area contributed by atoms with Crippen LogP contribution in [0.2, 0.25) is 10.0 Å². The number of likely N-dealkylation sites (tertiary alicyclic amines) is 1. The van der Waals surface area contributed by atoms with E-state index in [0.29, 0.717) is 66.1 Å². The van der Waals surface area contributed by atoms with Crippen LogP contribution in [0.1, 0.15) is 81.6 Å². The first kappa shape index (κ1) is 45.8. The van der Waals surface area contributed by atoms with Crippen LogP contribution in [-0.4, -0.2) is 88.0 Å². The summed E-state index contributed by atoms with van der Waals surface area (Å²) in [7, 11) is 1.89. The Bertz CT molecular complexity index is 2740. The standard InChI is InChI=1S/C24H22ClFN4O2S.C22H18ClFN4O2S/c25-17-5-7-21(28-14-17)29-24(32)22-15(8-11-33-22)13-20(31)18-6-4-16(12-19(18)26)23(27)30-9-2-1-3-10-30;1-28-8-7-25-21(28)14-2-4-16(17(24)10-14)18(29)11-13-6-9-31-20(13)22(30)27-19-5-3-15(23)12-26-19/h4-8,11-12,14,27H,1-3,9-10,13H2,(H,28,29,32);2-6,9-10,12H,7-8,11H2,1H3,(H,26,27,30). The van der Waals surface area contributed by atoms with Crippen molar-refractivity contribution < 1.29 is 28.0 Å². The van der Waals surface area contributed by atoms with Gasteiger partial charge in [-0.05, 0) is 102 Å². The van der Waals surface area contributed by atoms with Crippen LogP contribution in [-0.2, 0) is 12.8 Å². The van der Waals surface area contributed by atoms with Crippen LogP contribution in [0.15, 0.2) is 101 Å². The molecule has 1 saturated heterocycles. The second-order valence-electron chi connectivity index (χ2n) is 14.8. The number of benzene rings is 2. The van der Waals surface area contributed by atoms with Gasteiger partial charge in [-0.15, -0.1) is 22.7 Å². The molecule has 2 aliphatic heterocycles. The molecule has 0 radical (unpaired) electrons. The maximum atomic E-state index is 14.8. The molecule has 0 aliphatic carbocycles. The normalized spacial score (nSPS) is 13.4. The summed E-state index contributed by atoms with van der Waals surface area (Å²) in [6, 6.07) is 18.6. The van der Waals surface area contributed by atoms with Gasteiger partial charge in [0.15, 0.2) is 11.6 Å². The van der Waals surface area contributed by atoms with Crippen molar-refractivity contribution in [2.45, 2.75) is 32.1 Å². The number of anilines is 2. The van der Waals surface area contributed by atoms with Crippen molar-refractivity contribution >= 4 is 92.6 Å². The molecule has 18 heteroatoms. The number of aliphatic imine (C=N–C) groups is 1. The molecular formula is C46H40Cl2F2N8O4S2. The number of pyridine rings is 2. The first-order valence-corrected chi connectivity index (χ1v) is 22.6. The van der Waals surface area contributed by atoms with Gasteiger partial charge in [0.1, 0.15) is 34.9 Å². The quantitative estimate of drug-likeness (QED) is 0.0621. The first-order valence-electron chi connectivity index (χ1n) is 20.1. The van der Waals surface area contributed by atoms with Gasteiger partial charge in [0.05, 0.1) is 37.5 Å². The van der Waals surface area contributed by atoms with E-state index in [1.165, 1.54) is 59.3 Å². The van der Waals surface area contributed by atoms with Crippen molar-refractivity contribution in [1.29, 1.82) is 5.41 Å².